The van der Waals surface area contributed by atoms with Crippen LogP contribution in [0.25, 0.3) is 10.9 Å². The lowest BCUT2D eigenvalue weighted by Gasteiger charge is -2.03. The first-order valence-corrected chi connectivity index (χ1v) is 8.11. The Hall–Kier alpha value is -0.640. The Labute approximate surface area is 118 Å². The zero-order valence-electron chi connectivity index (χ0n) is 9.77. The van der Waals surface area contributed by atoms with Crippen LogP contribution < -0.4 is 5.56 Å². The van der Waals surface area contributed by atoms with E-state index in [1.54, 1.807) is 29.6 Å². The molecule has 0 aliphatic carbocycles. The molecule has 0 aliphatic heterocycles. The average Bonchev–Trinajstić information content (AvgIpc) is 2.37. The van der Waals surface area contributed by atoms with E-state index in [9.17, 15) is 9.36 Å². The first-order chi connectivity index (χ1) is 8.56. The quantitative estimate of drug-likeness (QED) is 0.795. The maximum Gasteiger partial charge on any atom is 0.598 e. The van der Waals surface area contributed by atoms with Gasteiger partial charge in [0.05, 0.1) is 24.5 Å². The highest BCUT2D eigenvalue weighted by Crippen LogP contribution is 2.22. The molecule has 1 aromatic heterocycles. The molecule has 7 heteroatoms. The third-order valence-corrected chi connectivity index (χ3v) is 5.05. The van der Waals surface area contributed by atoms with Crippen molar-refractivity contribution in [2.75, 3.05) is 5.33 Å². The van der Waals surface area contributed by atoms with E-state index in [0.717, 1.165) is 11.8 Å². The topological polar surface area (TPSA) is 44.0 Å². The van der Waals surface area contributed by atoms with E-state index in [1.165, 1.54) is 4.33 Å². The van der Waals surface area contributed by atoms with Gasteiger partial charge in [0.2, 0.25) is 0 Å². The molecule has 0 saturated carbocycles. The summed E-state index contributed by atoms with van der Waals surface area (Å²) in [6.45, 7) is 0.632. The molecule has 18 heavy (non-hydrogen) atoms. The normalized spacial score (nSPS) is 12.1. The van der Waals surface area contributed by atoms with Gasteiger partial charge in [-0.1, -0.05) is 27.5 Å². The predicted molar refractivity (Wildman–Crippen MR) is 78.2 cm³/mol. The van der Waals surface area contributed by atoms with Gasteiger partial charge in [-0.3, -0.25) is 4.79 Å². The summed E-state index contributed by atoms with van der Waals surface area (Å²) in [5, 5.41) is 1.84. The van der Waals surface area contributed by atoms with Gasteiger partial charge in [0, 0.05) is 10.4 Å². The van der Waals surface area contributed by atoms with Crippen LogP contribution in [-0.4, -0.2) is 14.0 Å². The molecular weight excluding hydrogens is 338 g/mol. The van der Waals surface area contributed by atoms with Gasteiger partial charge >= 0.3 is 7.73 Å². The van der Waals surface area contributed by atoms with Gasteiger partial charge in [-0.15, -0.1) is 8.66 Å². The Kier molecular flexibility index (Phi) is 4.25. The smallest absolute Gasteiger partial charge is 0.265 e. The number of nitrogens with zero attached hydrogens (tertiary/aromatic N) is 2. The Bertz CT molecular complexity index is 710. The van der Waals surface area contributed by atoms with Crippen LogP contribution in [0, 0.1) is 0 Å². The fourth-order valence-electron chi connectivity index (χ4n) is 1.83. The van der Waals surface area contributed by atoms with E-state index in [2.05, 4.69) is 15.9 Å². The van der Waals surface area contributed by atoms with Gasteiger partial charge in [0.25, 0.3) is 5.56 Å². The summed E-state index contributed by atoms with van der Waals surface area (Å²) >= 11 is 9.26. The molecule has 0 amide bonds. The monoisotopic (exact) mass is 349 g/mol. The highest BCUT2D eigenvalue weighted by Gasteiger charge is 2.19. The van der Waals surface area contributed by atoms with Crippen LogP contribution in [0.5, 0.6) is 0 Å². The number of rotatable bonds is 3. The molecule has 1 unspecified atom stereocenters. The Balaban J connectivity index is 2.83. The van der Waals surface area contributed by atoms with E-state index in [-0.39, 0.29) is 5.56 Å². The first-order valence-electron chi connectivity index (χ1n) is 5.44. The number of fused-ring (bicyclic) bond motifs is 1. The molecular formula is C11H12BrClN2O2P+. The minimum atomic E-state index is -1.86. The number of aryl methyl sites for hydroxylation is 1. The Morgan fingerprint density at radius 3 is 2.83 bits per heavy atom. The van der Waals surface area contributed by atoms with E-state index < -0.39 is 7.73 Å². The van der Waals surface area contributed by atoms with Crippen molar-refractivity contribution < 1.29 is 4.57 Å². The summed E-state index contributed by atoms with van der Waals surface area (Å²) < 4.78 is 15.2. The number of hydrogen-bond acceptors (Lipinski definition) is 2. The van der Waals surface area contributed by atoms with Crippen LogP contribution >= 0.6 is 35.3 Å². The van der Waals surface area contributed by atoms with Gasteiger partial charge in [0.1, 0.15) is 0 Å². The van der Waals surface area contributed by atoms with Crippen molar-refractivity contribution >= 4 is 46.2 Å². The molecule has 2 aromatic rings. The number of aromatic nitrogens is 2. The molecule has 1 aromatic carbocycles. The van der Waals surface area contributed by atoms with E-state index >= 15 is 0 Å². The van der Waals surface area contributed by atoms with Crippen LogP contribution in [0.1, 0.15) is 6.42 Å². The van der Waals surface area contributed by atoms with Crippen molar-refractivity contribution in [3.05, 3.63) is 33.6 Å². The maximum absolute atomic E-state index is 12.2. The summed E-state index contributed by atoms with van der Waals surface area (Å²) in [5.41, 5.74) is 0.452. The van der Waals surface area contributed by atoms with Crippen LogP contribution in [0.4, 0.5) is 0 Å². The summed E-state index contributed by atoms with van der Waals surface area (Å²) in [5.74, 6) is 0. The van der Waals surface area contributed by atoms with Crippen molar-refractivity contribution in [1.29, 1.82) is 0 Å². The van der Waals surface area contributed by atoms with Crippen molar-refractivity contribution in [3.8, 4) is 0 Å². The largest absolute Gasteiger partial charge is 0.598 e. The number of hydrogen-bond donors (Lipinski definition) is 0. The van der Waals surface area contributed by atoms with E-state index in [1.807, 2.05) is 0 Å². The fourth-order valence-corrected chi connectivity index (χ4v) is 3.51. The third-order valence-electron chi connectivity index (χ3n) is 2.73. The zero-order chi connectivity index (χ0) is 13.3. The van der Waals surface area contributed by atoms with Gasteiger partial charge in [-0.2, -0.15) is 0 Å². The molecule has 0 bridgehead atoms. The minimum absolute atomic E-state index is 0.247. The molecule has 96 valence electrons. The van der Waals surface area contributed by atoms with Crippen molar-refractivity contribution in [3.63, 3.8) is 0 Å². The van der Waals surface area contributed by atoms with Crippen molar-refractivity contribution in [1.82, 2.24) is 8.66 Å². The molecule has 0 N–H and O–H groups in total. The lowest BCUT2D eigenvalue weighted by molar-refractivity contribution is 0.572. The summed E-state index contributed by atoms with van der Waals surface area (Å²) in [4.78, 5) is 12.0. The highest BCUT2D eigenvalue weighted by atomic mass is 79.9. The molecule has 0 saturated heterocycles. The second kappa shape index (κ2) is 5.55. The summed E-state index contributed by atoms with van der Waals surface area (Å²) in [7, 11) is -0.313. The lowest BCUT2D eigenvalue weighted by Crippen LogP contribution is -2.18. The molecule has 2 rings (SSSR count). The Morgan fingerprint density at radius 1 is 1.44 bits per heavy atom. The van der Waals surface area contributed by atoms with Crippen LogP contribution in [0.3, 0.4) is 0 Å². The van der Waals surface area contributed by atoms with Gasteiger partial charge in [-0.05, 0) is 29.2 Å². The van der Waals surface area contributed by atoms with Gasteiger partial charge in [-0.25, -0.2) is 0 Å². The van der Waals surface area contributed by atoms with E-state index in [4.69, 9.17) is 11.6 Å². The summed E-state index contributed by atoms with van der Waals surface area (Å²) in [6, 6.07) is 5.09. The predicted octanol–water partition coefficient (Wildman–Crippen LogP) is 3.52. The third kappa shape index (κ3) is 2.40. The highest BCUT2D eigenvalue weighted by molar-refractivity contribution is 9.09. The lowest BCUT2D eigenvalue weighted by atomic mass is 10.2. The van der Waals surface area contributed by atoms with Crippen LogP contribution in [0.2, 0.25) is 5.02 Å². The maximum atomic E-state index is 12.2. The van der Waals surface area contributed by atoms with Gasteiger partial charge < -0.3 is 0 Å². The molecule has 1 heterocycles. The molecule has 0 spiro atoms. The molecule has 0 aliphatic rings. The SMILES string of the molecule is Cn1c(=O)c2cc(Cl)ccc2n(CCCBr)[p+]1=O. The molecule has 4 nitrogen and oxygen atoms in total. The second-order valence-electron chi connectivity index (χ2n) is 3.91. The number of benzene rings is 1. The second-order valence-corrected chi connectivity index (χ2v) is 6.73. The van der Waals surface area contributed by atoms with E-state index in [0.29, 0.717) is 22.5 Å². The minimum Gasteiger partial charge on any atom is -0.265 e. The molecule has 0 fully saturated rings. The van der Waals surface area contributed by atoms with Crippen LogP contribution in [0.15, 0.2) is 23.0 Å². The van der Waals surface area contributed by atoms with Crippen LogP contribution in [-0.2, 0) is 18.2 Å². The Morgan fingerprint density at radius 2 is 2.17 bits per heavy atom. The zero-order valence-corrected chi connectivity index (χ0v) is 13.0. The van der Waals surface area contributed by atoms with Crippen molar-refractivity contribution in [2.24, 2.45) is 7.05 Å². The standard InChI is InChI=1S/C11H12BrClN2O2P/c1-14-11(16)9-7-8(13)3-4-10(9)15(18(14)17)6-2-5-12/h3-4,7H,2,5-6H2,1H3/q+1. The summed E-state index contributed by atoms with van der Waals surface area (Å²) in [6.07, 6.45) is 0.852. The first kappa shape index (κ1) is 13.8. The van der Waals surface area contributed by atoms with Gasteiger partial charge in [0.15, 0.2) is 0 Å². The number of alkyl halides is 1. The molecule has 1 atom stereocenters. The number of halogens is 2. The van der Waals surface area contributed by atoms with Crippen molar-refractivity contribution in [2.45, 2.75) is 13.0 Å². The fraction of sp³-hybridized carbons (Fsp3) is 0.364. The average molecular weight is 351 g/mol. The molecule has 0 radical (unpaired) electrons.